The van der Waals surface area contributed by atoms with Crippen molar-refractivity contribution in [2.45, 2.75) is 70.1 Å². The molecule has 4 rings (SSSR count). The van der Waals surface area contributed by atoms with Crippen molar-refractivity contribution in [3.63, 3.8) is 0 Å². The van der Waals surface area contributed by atoms with Crippen LogP contribution in [-0.2, 0) is 16.8 Å². The molecule has 0 saturated carbocycles. The number of thiophene rings is 1. The molecule has 2 saturated heterocycles. The lowest BCUT2D eigenvalue weighted by Gasteiger charge is -2.46. The third kappa shape index (κ3) is 5.46. The van der Waals surface area contributed by atoms with E-state index in [0.29, 0.717) is 0 Å². The Morgan fingerprint density at radius 2 is 1.90 bits per heavy atom. The van der Waals surface area contributed by atoms with Crippen molar-refractivity contribution in [3.05, 3.63) is 21.4 Å². The molecule has 4 heterocycles. The Labute approximate surface area is 191 Å². The van der Waals surface area contributed by atoms with Crippen LogP contribution in [0.4, 0.5) is 0 Å². The number of halogens is 2. The lowest BCUT2D eigenvalue weighted by Crippen LogP contribution is -2.51. The van der Waals surface area contributed by atoms with E-state index in [9.17, 15) is 4.79 Å². The summed E-state index contributed by atoms with van der Waals surface area (Å²) in [5, 5.41) is 6.57. The second-order valence-corrected chi connectivity index (χ2v) is 10.3. The molecule has 1 aromatic heterocycles. The Morgan fingerprint density at radius 1 is 1.24 bits per heavy atom. The summed E-state index contributed by atoms with van der Waals surface area (Å²) in [6.45, 7) is 11.3. The van der Waals surface area contributed by atoms with Gasteiger partial charge in [-0.05, 0) is 77.6 Å². The summed E-state index contributed by atoms with van der Waals surface area (Å²) in [5.41, 5.74) is 0.957. The molecule has 2 N–H and O–H groups in total. The SMILES string of the molecule is CC(C)(C)NC(=O)c1cc2c(s1)C1(CCN(C3CCNCC3)CC1)OCC2.Cl.Cl. The maximum atomic E-state index is 12.7. The largest absolute Gasteiger partial charge is 0.369 e. The van der Waals surface area contributed by atoms with Gasteiger partial charge in [-0.15, -0.1) is 36.2 Å². The van der Waals surface area contributed by atoms with Crippen molar-refractivity contribution in [3.8, 4) is 0 Å². The number of hydrogen-bond acceptors (Lipinski definition) is 5. The van der Waals surface area contributed by atoms with Crippen LogP contribution in [0.5, 0.6) is 0 Å². The first-order valence-electron chi connectivity index (χ1n) is 10.4. The highest BCUT2D eigenvalue weighted by Crippen LogP contribution is 2.46. The van der Waals surface area contributed by atoms with Crippen molar-refractivity contribution in [1.29, 1.82) is 0 Å². The fraction of sp³-hybridized carbons (Fsp3) is 0.762. The number of hydrogen-bond donors (Lipinski definition) is 2. The van der Waals surface area contributed by atoms with Gasteiger partial charge in [0.15, 0.2) is 0 Å². The number of ether oxygens (including phenoxy) is 1. The number of carbonyl (C=O) groups excluding carboxylic acids is 1. The summed E-state index contributed by atoms with van der Waals surface area (Å²) in [6, 6.07) is 2.84. The number of rotatable bonds is 2. The van der Waals surface area contributed by atoms with Gasteiger partial charge in [-0.1, -0.05) is 0 Å². The molecule has 1 spiro atoms. The summed E-state index contributed by atoms with van der Waals surface area (Å²) >= 11 is 1.66. The molecule has 5 nitrogen and oxygen atoms in total. The van der Waals surface area contributed by atoms with Crippen LogP contribution < -0.4 is 10.6 Å². The molecule has 1 amide bonds. The third-order valence-corrected chi connectivity index (χ3v) is 7.48. The normalized spacial score (nSPS) is 22.3. The van der Waals surface area contributed by atoms with Crippen molar-refractivity contribution in [1.82, 2.24) is 15.5 Å². The van der Waals surface area contributed by atoms with Crippen LogP contribution >= 0.6 is 36.2 Å². The predicted molar refractivity (Wildman–Crippen MR) is 124 cm³/mol. The molecule has 8 heteroatoms. The van der Waals surface area contributed by atoms with Crippen LogP contribution in [0.1, 0.15) is 66.6 Å². The molecule has 3 aliphatic rings. The van der Waals surface area contributed by atoms with E-state index in [4.69, 9.17) is 4.74 Å². The Hall–Kier alpha value is -0.370. The van der Waals surface area contributed by atoms with Gasteiger partial charge in [0.25, 0.3) is 5.91 Å². The second-order valence-electron chi connectivity index (χ2n) is 9.28. The lowest BCUT2D eigenvalue weighted by molar-refractivity contribution is -0.101. The molecule has 29 heavy (non-hydrogen) atoms. The van der Waals surface area contributed by atoms with Crippen molar-refractivity contribution < 1.29 is 9.53 Å². The number of nitrogens with one attached hydrogen (secondary N) is 2. The smallest absolute Gasteiger partial charge is 0.261 e. The van der Waals surface area contributed by atoms with E-state index in [1.54, 1.807) is 11.3 Å². The van der Waals surface area contributed by atoms with E-state index >= 15 is 0 Å². The number of carbonyl (C=O) groups is 1. The fourth-order valence-electron chi connectivity index (χ4n) is 4.73. The van der Waals surface area contributed by atoms with E-state index < -0.39 is 0 Å². The van der Waals surface area contributed by atoms with Crippen molar-refractivity contribution >= 4 is 42.1 Å². The van der Waals surface area contributed by atoms with Gasteiger partial charge in [0.05, 0.1) is 11.5 Å². The Morgan fingerprint density at radius 3 is 2.52 bits per heavy atom. The Balaban J connectivity index is 0.00000150. The maximum Gasteiger partial charge on any atom is 0.261 e. The van der Waals surface area contributed by atoms with Crippen LogP contribution in [0.2, 0.25) is 0 Å². The molecule has 1 aromatic rings. The van der Waals surface area contributed by atoms with Gasteiger partial charge < -0.3 is 20.3 Å². The van der Waals surface area contributed by atoms with Gasteiger partial charge >= 0.3 is 0 Å². The predicted octanol–water partition coefficient (Wildman–Crippen LogP) is 3.74. The van der Waals surface area contributed by atoms with Crippen LogP contribution in [0.25, 0.3) is 0 Å². The first kappa shape index (κ1) is 24.9. The number of likely N-dealkylation sites (tertiary alicyclic amines) is 1. The Bertz CT molecular complexity index is 691. The summed E-state index contributed by atoms with van der Waals surface area (Å²) in [7, 11) is 0. The quantitative estimate of drug-likeness (QED) is 0.701. The van der Waals surface area contributed by atoms with Gasteiger partial charge in [0.1, 0.15) is 5.60 Å². The van der Waals surface area contributed by atoms with Crippen LogP contribution in [-0.4, -0.2) is 55.2 Å². The fourth-order valence-corrected chi connectivity index (χ4v) is 6.04. The van der Waals surface area contributed by atoms with E-state index in [0.717, 1.165) is 63.0 Å². The second kappa shape index (κ2) is 9.84. The van der Waals surface area contributed by atoms with E-state index in [-0.39, 0.29) is 41.9 Å². The average molecular weight is 465 g/mol. The molecule has 0 aliphatic carbocycles. The molecule has 2 fully saturated rings. The third-order valence-electron chi connectivity index (χ3n) is 6.12. The van der Waals surface area contributed by atoms with Crippen molar-refractivity contribution in [2.75, 3.05) is 32.8 Å². The number of amides is 1. The van der Waals surface area contributed by atoms with Crippen LogP contribution in [0.15, 0.2) is 6.07 Å². The van der Waals surface area contributed by atoms with Gasteiger partial charge in [0.2, 0.25) is 0 Å². The van der Waals surface area contributed by atoms with Crippen LogP contribution in [0.3, 0.4) is 0 Å². The number of nitrogens with zero attached hydrogens (tertiary/aromatic N) is 1. The molecule has 0 atom stereocenters. The number of piperidine rings is 2. The van der Waals surface area contributed by atoms with Gasteiger partial charge in [-0.2, -0.15) is 0 Å². The molecule has 0 radical (unpaired) electrons. The molecule has 166 valence electrons. The zero-order chi connectivity index (χ0) is 19.1. The first-order valence-corrected chi connectivity index (χ1v) is 11.2. The maximum absolute atomic E-state index is 12.7. The minimum atomic E-state index is -0.212. The molecular weight excluding hydrogens is 429 g/mol. The summed E-state index contributed by atoms with van der Waals surface area (Å²) in [5.74, 6) is 0.0455. The summed E-state index contributed by atoms with van der Waals surface area (Å²) in [4.78, 5) is 17.5. The molecular formula is C21H35Cl2N3O2S. The van der Waals surface area contributed by atoms with E-state index in [1.807, 2.05) is 20.8 Å². The highest BCUT2D eigenvalue weighted by atomic mass is 35.5. The lowest BCUT2D eigenvalue weighted by atomic mass is 9.84. The van der Waals surface area contributed by atoms with E-state index in [2.05, 4.69) is 21.6 Å². The minimum Gasteiger partial charge on any atom is -0.369 e. The zero-order valence-corrected chi connectivity index (χ0v) is 20.2. The van der Waals surface area contributed by atoms with Crippen molar-refractivity contribution in [2.24, 2.45) is 0 Å². The summed E-state index contributed by atoms with van der Waals surface area (Å²) < 4.78 is 6.40. The van der Waals surface area contributed by atoms with E-state index in [1.165, 1.54) is 23.3 Å². The standard InChI is InChI=1S/C21H33N3O2S.2ClH/c1-20(2,3)23-19(25)17-14-15-6-13-26-21(18(15)27-17)7-11-24(12-8-21)16-4-9-22-10-5-16;;/h14,16,22H,4-13H2,1-3H3,(H,23,25);2*1H. The molecule has 0 unspecified atom stereocenters. The summed E-state index contributed by atoms with van der Waals surface area (Å²) in [6.07, 6.45) is 5.54. The Kier molecular flexibility index (Phi) is 8.44. The van der Waals surface area contributed by atoms with Gasteiger partial charge in [0, 0.05) is 29.5 Å². The van der Waals surface area contributed by atoms with Gasteiger partial charge in [-0.25, -0.2) is 0 Å². The average Bonchev–Trinajstić information content (AvgIpc) is 3.08. The van der Waals surface area contributed by atoms with Crippen LogP contribution in [0, 0.1) is 0 Å². The van der Waals surface area contributed by atoms with Gasteiger partial charge in [-0.3, -0.25) is 4.79 Å². The molecule has 3 aliphatic heterocycles. The first-order chi connectivity index (χ1) is 12.9. The zero-order valence-electron chi connectivity index (χ0n) is 17.7. The monoisotopic (exact) mass is 463 g/mol. The molecule has 0 bridgehead atoms. The number of fused-ring (bicyclic) bond motifs is 2. The minimum absolute atomic E-state index is 0. The topological polar surface area (TPSA) is 53.6 Å². The highest BCUT2D eigenvalue weighted by molar-refractivity contribution is 7.14. The molecule has 0 aromatic carbocycles. The highest BCUT2D eigenvalue weighted by Gasteiger charge is 2.43.